The molecule has 2 aromatic rings. The second-order valence-corrected chi connectivity index (χ2v) is 4.74. The van der Waals surface area contributed by atoms with E-state index in [-0.39, 0.29) is 5.75 Å². The van der Waals surface area contributed by atoms with E-state index >= 15 is 0 Å². The lowest BCUT2D eigenvalue weighted by molar-refractivity contribution is 0.476. The quantitative estimate of drug-likeness (QED) is 0.776. The Morgan fingerprint density at radius 3 is 2.92 bits per heavy atom. The molecule has 68 valence electrons. The molecule has 1 nitrogen and oxygen atoms in total. The van der Waals surface area contributed by atoms with E-state index in [2.05, 4.69) is 22.0 Å². The van der Waals surface area contributed by atoms with Crippen molar-refractivity contribution in [1.82, 2.24) is 0 Å². The van der Waals surface area contributed by atoms with Gasteiger partial charge in [0.2, 0.25) is 0 Å². The number of hydrogen-bond acceptors (Lipinski definition) is 2. The highest BCUT2D eigenvalue weighted by atomic mass is 79.9. The van der Waals surface area contributed by atoms with Crippen molar-refractivity contribution in [3.05, 3.63) is 28.1 Å². The van der Waals surface area contributed by atoms with Crippen LogP contribution < -0.4 is 0 Å². The second-order valence-electron chi connectivity index (χ2n) is 2.66. The third-order valence-corrected chi connectivity index (χ3v) is 4.43. The zero-order chi connectivity index (χ0) is 9.42. The molecule has 1 aromatic heterocycles. The highest BCUT2D eigenvalue weighted by molar-refractivity contribution is 9.08. The Labute approximate surface area is 93.1 Å². The van der Waals surface area contributed by atoms with E-state index in [0.29, 0.717) is 5.02 Å². The van der Waals surface area contributed by atoms with Crippen LogP contribution in [0.1, 0.15) is 4.88 Å². The molecule has 0 bridgehead atoms. The average Bonchev–Trinajstić information content (AvgIpc) is 2.55. The summed E-state index contributed by atoms with van der Waals surface area (Å²) in [5.41, 5.74) is 0. The molecule has 0 aliphatic heterocycles. The maximum atomic E-state index is 9.36. The molecule has 1 heterocycles. The molecule has 0 aliphatic rings. The van der Waals surface area contributed by atoms with Crippen LogP contribution in [0.5, 0.6) is 5.75 Å². The lowest BCUT2D eigenvalue weighted by Crippen LogP contribution is -1.67. The summed E-state index contributed by atoms with van der Waals surface area (Å²) in [6.45, 7) is 0. The minimum Gasteiger partial charge on any atom is -0.506 e. The van der Waals surface area contributed by atoms with Crippen LogP contribution in [0.4, 0.5) is 0 Å². The van der Waals surface area contributed by atoms with E-state index in [0.717, 1.165) is 15.4 Å². The van der Waals surface area contributed by atoms with Gasteiger partial charge in [-0.3, -0.25) is 0 Å². The summed E-state index contributed by atoms with van der Waals surface area (Å²) in [7, 11) is 0. The molecule has 0 unspecified atom stereocenters. The number of thiophene rings is 1. The van der Waals surface area contributed by atoms with Crippen LogP contribution in [0.25, 0.3) is 10.1 Å². The number of benzene rings is 1. The first-order valence-electron chi connectivity index (χ1n) is 3.68. The minimum absolute atomic E-state index is 0.150. The lowest BCUT2D eigenvalue weighted by Gasteiger charge is -1.95. The molecule has 1 N–H and O–H groups in total. The van der Waals surface area contributed by atoms with Gasteiger partial charge in [-0.15, -0.1) is 11.3 Å². The molecule has 13 heavy (non-hydrogen) atoms. The van der Waals surface area contributed by atoms with E-state index in [1.807, 2.05) is 6.07 Å². The molecule has 1 aromatic carbocycles. The van der Waals surface area contributed by atoms with Crippen LogP contribution >= 0.6 is 38.9 Å². The van der Waals surface area contributed by atoms with Crippen LogP contribution in [0.2, 0.25) is 5.02 Å². The van der Waals surface area contributed by atoms with Crippen molar-refractivity contribution in [3.63, 3.8) is 0 Å². The van der Waals surface area contributed by atoms with Crippen LogP contribution in [-0.2, 0) is 5.33 Å². The summed E-state index contributed by atoms with van der Waals surface area (Å²) in [5.74, 6) is 0.150. The van der Waals surface area contributed by atoms with Gasteiger partial charge in [-0.25, -0.2) is 0 Å². The molecule has 0 spiro atoms. The van der Waals surface area contributed by atoms with Gasteiger partial charge < -0.3 is 5.11 Å². The standard InChI is InChI=1S/C9H6BrClOS/c10-4-6-3-5-1-2-7(12)8(11)9(5)13-6/h1-3,12H,4H2. The Morgan fingerprint density at radius 1 is 1.46 bits per heavy atom. The van der Waals surface area contributed by atoms with Crippen molar-refractivity contribution in [1.29, 1.82) is 0 Å². The van der Waals surface area contributed by atoms with Crippen molar-refractivity contribution in [2.45, 2.75) is 5.33 Å². The Kier molecular flexibility index (Phi) is 2.49. The number of phenols is 1. The van der Waals surface area contributed by atoms with Crippen molar-refractivity contribution >= 4 is 49.0 Å². The molecule has 0 saturated heterocycles. The summed E-state index contributed by atoms with van der Waals surface area (Å²) in [6, 6.07) is 5.56. The fourth-order valence-corrected chi connectivity index (χ4v) is 2.91. The SMILES string of the molecule is Oc1ccc2cc(CBr)sc2c1Cl. The number of halogens is 2. The Hall–Kier alpha value is -0.250. The van der Waals surface area contributed by atoms with Gasteiger partial charge in [0.1, 0.15) is 10.8 Å². The van der Waals surface area contributed by atoms with Crippen molar-refractivity contribution in [2.75, 3.05) is 0 Å². The van der Waals surface area contributed by atoms with Crippen LogP contribution in [0.15, 0.2) is 18.2 Å². The summed E-state index contributed by atoms with van der Waals surface area (Å²) in [4.78, 5) is 1.21. The molecule has 0 radical (unpaired) electrons. The van der Waals surface area contributed by atoms with E-state index in [1.54, 1.807) is 17.4 Å². The topological polar surface area (TPSA) is 20.2 Å². The number of aromatic hydroxyl groups is 1. The van der Waals surface area contributed by atoms with Crippen LogP contribution in [0.3, 0.4) is 0 Å². The molecule has 0 atom stereocenters. The lowest BCUT2D eigenvalue weighted by atomic mass is 10.2. The van der Waals surface area contributed by atoms with E-state index in [4.69, 9.17) is 11.6 Å². The first kappa shape index (κ1) is 9.31. The summed E-state index contributed by atoms with van der Waals surface area (Å²) < 4.78 is 0.955. The summed E-state index contributed by atoms with van der Waals surface area (Å²) >= 11 is 10.9. The summed E-state index contributed by atoms with van der Waals surface area (Å²) in [5, 5.41) is 11.7. The van der Waals surface area contributed by atoms with E-state index < -0.39 is 0 Å². The summed E-state index contributed by atoms with van der Waals surface area (Å²) in [6.07, 6.45) is 0. The molecule has 4 heteroatoms. The second kappa shape index (κ2) is 3.48. The number of rotatable bonds is 1. The Balaban J connectivity index is 2.76. The number of hydrogen-bond donors (Lipinski definition) is 1. The number of alkyl halides is 1. The maximum absolute atomic E-state index is 9.36. The Bertz CT molecular complexity index is 452. The minimum atomic E-state index is 0.150. The third-order valence-electron chi connectivity index (χ3n) is 1.79. The van der Waals surface area contributed by atoms with Crippen LogP contribution in [-0.4, -0.2) is 5.11 Å². The van der Waals surface area contributed by atoms with Crippen molar-refractivity contribution < 1.29 is 5.11 Å². The molecule has 0 aliphatic carbocycles. The first-order valence-corrected chi connectivity index (χ1v) is 6.00. The van der Waals surface area contributed by atoms with Gasteiger partial charge in [-0.05, 0) is 23.6 Å². The van der Waals surface area contributed by atoms with Crippen molar-refractivity contribution in [3.8, 4) is 5.75 Å². The van der Waals surface area contributed by atoms with E-state index in [1.165, 1.54) is 4.88 Å². The normalized spacial score (nSPS) is 10.9. The van der Waals surface area contributed by atoms with Gasteiger partial charge in [0.25, 0.3) is 0 Å². The van der Waals surface area contributed by atoms with E-state index in [9.17, 15) is 5.11 Å². The predicted molar refractivity (Wildman–Crippen MR) is 61.1 cm³/mol. The molecular formula is C9H6BrClOS. The zero-order valence-corrected chi connectivity index (χ0v) is 9.71. The van der Waals surface area contributed by atoms with Gasteiger partial charge in [0, 0.05) is 10.2 Å². The molecule has 2 rings (SSSR count). The highest BCUT2D eigenvalue weighted by Crippen LogP contribution is 2.37. The third kappa shape index (κ3) is 1.56. The smallest absolute Gasteiger partial charge is 0.135 e. The Morgan fingerprint density at radius 2 is 2.23 bits per heavy atom. The van der Waals surface area contributed by atoms with Gasteiger partial charge in [-0.1, -0.05) is 27.5 Å². The number of phenolic OH excluding ortho intramolecular Hbond substituents is 1. The van der Waals surface area contributed by atoms with Gasteiger partial charge in [-0.2, -0.15) is 0 Å². The first-order chi connectivity index (χ1) is 6.22. The molecule has 0 saturated carbocycles. The predicted octanol–water partition coefficient (Wildman–Crippen LogP) is 4.16. The fourth-order valence-electron chi connectivity index (χ4n) is 1.18. The maximum Gasteiger partial charge on any atom is 0.135 e. The average molecular weight is 278 g/mol. The van der Waals surface area contributed by atoms with Crippen LogP contribution in [0, 0.1) is 0 Å². The largest absolute Gasteiger partial charge is 0.506 e. The van der Waals surface area contributed by atoms with Gasteiger partial charge >= 0.3 is 0 Å². The van der Waals surface area contributed by atoms with Gasteiger partial charge in [0.15, 0.2) is 0 Å². The van der Waals surface area contributed by atoms with Crippen molar-refractivity contribution in [2.24, 2.45) is 0 Å². The van der Waals surface area contributed by atoms with Gasteiger partial charge in [0.05, 0.1) is 4.70 Å². The molecule has 0 amide bonds. The fraction of sp³-hybridized carbons (Fsp3) is 0.111. The highest BCUT2D eigenvalue weighted by Gasteiger charge is 2.07. The zero-order valence-electron chi connectivity index (χ0n) is 6.55. The molecule has 0 fully saturated rings. The molecular weight excluding hydrogens is 272 g/mol. The number of fused-ring (bicyclic) bond motifs is 1. The monoisotopic (exact) mass is 276 g/mol.